The van der Waals surface area contributed by atoms with E-state index in [9.17, 15) is 0 Å². The molecule has 0 amide bonds. The lowest BCUT2D eigenvalue weighted by atomic mass is 10.0. The van der Waals surface area contributed by atoms with Gasteiger partial charge in [0, 0.05) is 12.7 Å². The first-order chi connectivity index (χ1) is 20.6. The highest BCUT2D eigenvalue weighted by Gasteiger charge is 2.16. The maximum absolute atomic E-state index is 6.54. The first kappa shape index (κ1) is 39.5. The number of nitrogens with two attached hydrogens (primary N) is 2. The van der Waals surface area contributed by atoms with Gasteiger partial charge in [-0.15, -0.1) is 0 Å². The standard InChI is InChI=1S/C35H69N4OPS/c1-4-7-10-11-12-13-14-15-16-17-18-19-20-21-22-25-29-38(32-39(37)35-28-24-23-27-34(35)36)33-42-41(31-26-8-5-2)40-30-9-6-3/h23-24,27-28H,4-22,25-26,29-33,36-37H2,1-3H3. The fourth-order valence-electron chi connectivity index (χ4n) is 5.21. The Labute approximate surface area is 267 Å². The number of nitrogen functional groups attached to an aromatic ring is 1. The highest BCUT2D eigenvalue weighted by Crippen LogP contribution is 2.52. The van der Waals surface area contributed by atoms with Gasteiger partial charge in [-0.1, -0.05) is 160 Å². The predicted octanol–water partition coefficient (Wildman–Crippen LogP) is 11.5. The van der Waals surface area contributed by atoms with Crippen molar-refractivity contribution in [3.8, 4) is 0 Å². The van der Waals surface area contributed by atoms with Crippen LogP contribution in [-0.2, 0) is 4.52 Å². The van der Waals surface area contributed by atoms with Gasteiger partial charge in [0.05, 0.1) is 37.9 Å². The lowest BCUT2D eigenvalue weighted by Crippen LogP contribution is -2.43. The number of hydrogen-bond donors (Lipinski definition) is 2. The molecule has 246 valence electrons. The third kappa shape index (κ3) is 22.1. The molecular formula is C35H69N4OPS. The van der Waals surface area contributed by atoms with E-state index in [0.29, 0.717) is 6.67 Å². The summed E-state index contributed by atoms with van der Waals surface area (Å²) < 4.78 is 6.36. The molecule has 1 unspecified atom stereocenters. The maximum Gasteiger partial charge on any atom is 0.0899 e. The van der Waals surface area contributed by atoms with Crippen LogP contribution in [0.25, 0.3) is 0 Å². The molecule has 0 aliphatic heterocycles. The number of hydrazine groups is 1. The summed E-state index contributed by atoms with van der Waals surface area (Å²) in [6.07, 6.45) is 29.7. The summed E-state index contributed by atoms with van der Waals surface area (Å²) in [5, 5.41) is 1.82. The van der Waals surface area contributed by atoms with Crippen molar-refractivity contribution in [3.05, 3.63) is 24.3 Å². The first-order valence-corrected chi connectivity index (χ1v) is 20.8. The Bertz CT molecular complexity index is 703. The predicted molar refractivity (Wildman–Crippen MR) is 193 cm³/mol. The third-order valence-electron chi connectivity index (χ3n) is 7.99. The van der Waals surface area contributed by atoms with Crippen molar-refractivity contribution in [1.29, 1.82) is 0 Å². The number of hydrogen-bond acceptors (Lipinski definition) is 6. The van der Waals surface area contributed by atoms with Gasteiger partial charge < -0.3 is 10.3 Å². The van der Waals surface area contributed by atoms with Crippen molar-refractivity contribution in [2.75, 3.05) is 42.6 Å². The molecule has 7 heteroatoms. The van der Waals surface area contributed by atoms with Crippen LogP contribution in [-0.4, -0.2) is 36.8 Å². The molecule has 42 heavy (non-hydrogen) atoms. The average molecular weight is 625 g/mol. The number of para-hydroxylation sites is 2. The van der Waals surface area contributed by atoms with E-state index in [4.69, 9.17) is 16.1 Å². The van der Waals surface area contributed by atoms with E-state index in [1.54, 1.807) is 0 Å². The van der Waals surface area contributed by atoms with E-state index in [-0.39, 0.29) is 0 Å². The second kappa shape index (κ2) is 29.2. The summed E-state index contributed by atoms with van der Waals surface area (Å²) in [4.78, 5) is 2.50. The van der Waals surface area contributed by atoms with Crippen molar-refractivity contribution in [1.82, 2.24) is 4.90 Å². The van der Waals surface area contributed by atoms with Gasteiger partial charge >= 0.3 is 0 Å². The molecule has 1 aromatic carbocycles. The molecule has 0 saturated carbocycles. The van der Waals surface area contributed by atoms with E-state index in [0.717, 1.165) is 36.8 Å². The molecule has 0 aliphatic rings. The normalized spacial score (nSPS) is 12.3. The van der Waals surface area contributed by atoms with Gasteiger partial charge in [-0.25, -0.2) is 5.84 Å². The molecular weight excluding hydrogens is 555 g/mol. The third-order valence-corrected chi connectivity index (χ3v) is 12.0. The SMILES string of the molecule is CCCCCCCCCCCCCCCCCCN(CSP(CCCCC)OCCCC)CN(N)c1ccccc1N. The molecule has 0 spiro atoms. The fourth-order valence-corrected chi connectivity index (χ4v) is 8.96. The van der Waals surface area contributed by atoms with Crippen molar-refractivity contribution < 1.29 is 4.52 Å². The Morgan fingerprint density at radius 2 is 1.17 bits per heavy atom. The minimum Gasteiger partial charge on any atom is -0.397 e. The van der Waals surface area contributed by atoms with E-state index in [1.807, 2.05) is 40.7 Å². The topological polar surface area (TPSA) is 67.8 Å². The van der Waals surface area contributed by atoms with Crippen molar-refractivity contribution in [2.24, 2.45) is 5.84 Å². The van der Waals surface area contributed by atoms with Gasteiger partial charge in [0.1, 0.15) is 0 Å². The zero-order valence-corrected chi connectivity index (χ0v) is 29.7. The van der Waals surface area contributed by atoms with Crippen LogP contribution in [0, 0.1) is 0 Å². The summed E-state index contributed by atoms with van der Waals surface area (Å²) in [5.41, 5.74) is 7.88. The second-order valence-corrected chi connectivity index (χ2v) is 16.0. The van der Waals surface area contributed by atoms with Crippen LogP contribution in [0.4, 0.5) is 11.4 Å². The fraction of sp³-hybridized carbons (Fsp3) is 0.829. The van der Waals surface area contributed by atoms with E-state index in [2.05, 4.69) is 25.7 Å². The van der Waals surface area contributed by atoms with Gasteiger partial charge in [0.15, 0.2) is 0 Å². The molecule has 0 aromatic heterocycles. The minimum absolute atomic E-state index is 0.450. The van der Waals surface area contributed by atoms with E-state index >= 15 is 0 Å². The number of benzene rings is 1. The molecule has 1 atom stereocenters. The van der Waals surface area contributed by atoms with Gasteiger partial charge in [-0.2, -0.15) is 0 Å². The molecule has 1 aromatic rings. The Kier molecular flexibility index (Phi) is 27.5. The Morgan fingerprint density at radius 1 is 0.667 bits per heavy atom. The Balaban J connectivity index is 2.35. The summed E-state index contributed by atoms with van der Waals surface area (Å²) in [7, 11) is -0.450. The van der Waals surface area contributed by atoms with Gasteiger partial charge in [0.2, 0.25) is 0 Å². The Morgan fingerprint density at radius 3 is 1.71 bits per heavy atom. The van der Waals surface area contributed by atoms with Gasteiger partial charge in [0.25, 0.3) is 0 Å². The largest absolute Gasteiger partial charge is 0.397 e. The van der Waals surface area contributed by atoms with Crippen LogP contribution < -0.4 is 16.6 Å². The molecule has 0 aliphatic carbocycles. The first-order valence-electron chi connectivity index (χ1n) is 17.7. The number of rotatable bonds is 31. The number of anilines is 2. The van der Waals surface area contributed by atoms with Crippen LogP contribution in [0.15, 0.2) is 24.3 Å². The molecule has 0 fully saturated rings. The van der Waals surface area contributed by atoms with E-state index in [1.165, 1.54) is 135 Å². The Hall–Kier alpha value is -0.520. The lowest BCUT2D eigenvalue weighted by Gasteiger charge is -2.30. The molecule has 5 nitrogen and oxygen atoms in total. The molecule has 0 heterocycles. The summed E-state index contributed by atoms with van der Waals surface area (Å²) >= 11 is 2.02. The van der Waals surface area contributed by atoms with Crippen LogP contribution in [0.1, 0.15) is 156 Å². The minimum atomic E-state index is -0.450. The highest BCUT2D eigenvalue weighted by atomic mass is 32.7. The van der Waals surface area contributed by atoms with Crippen LogP contribution in [0.2, 0.25) is 0 Å². The van der Waals surface area contributed by atoms with Crippen molar-refractivity contribution in [3.63, 3.8) is 0 Å². The van der Waals surface area contributed by atoms with Crippen molar-refractivity contribution >= 4 is 30.1 Å². The van der Waals surface area contributed by atoms with Crippen LogP contribution >= 0.6 is 18.7 Å². The van der Waals surface area contributed by atoms with Crippen molar-refractivity contribution in [2.45, 2.75) is 156 Å². The number of nitrogens with zero attached hydrogens (tertiary/aromatic N) is 2. The summed E-state index contributed by atoms with van der Waals surface area (Å²) in [6.45, 7) is 9.46. The average Bonchev–Trinajstić information content (AvgIpc) is 2.99. The van der Waals surface area contributed by atoms with E-state index < -0.39 is 7.35 Å². The summed E-state index contributed by atoms with van der Waals surface area (Å²) in [5.74, 6) is 7.50. The molecule has 1 rings (SSSR count). The number of unbranched alkanes of at least 4 members (excludes halogenated alkanes) is 18. The summed E-state index contributed by atoms with van der Waals surface area (Å²) in [6, 6.07) is 7.92. The van der Waals surface area contributed by atoms with Gasteiger partial charge in [-0.3, -0.25) is 9.91 Å². The maximum atomic E-state index is 6.54. The zero-order valence-electron chi connectivity index (χ0n) is 28.0. The van der Waals surface area contributed by atoms with Crippen LogP contribution in [0.5, 0.6) is 0 Å². The monoisotopic (exact) mass is 624 g/mol. The van der Waals surface area contributed by atoms with Gasteiger partial charge in [-0.05, 0) is 31.4 Å². The van der Waals surface area contributed by atoms with Crippen LogP contribution in [0.3, 0.4) is 0 Å². The zero-order chi connectivity index (χ0) is 30.5. The highest BCUT2D eigenvalue weighted by molar-refractivity contribution is 8.54. The molecule has 0 bridgehead atoms. The smallest absolute Gasteiger partial charge is 0.0899 e. The quantitative estimate of drug-likeness (QED) is 0.0214. The second-order valence-electron chi connectivity index (χ2n) is 12.1. The molecule has 4 N–H and O–H groups in total. The molecule has 0 radical (unpaired) electrons. The lowest BCUT2D eigenvalue weighted by molar-refractivity contribution is 0.309. The molecule has 0 saturated heterocycles.